The quantitative estimate of drug-likeness (QED) is 0.471. The molecule has 1 aromatic rings. The smallest absolute Gasteiger partial charge is 0.119 e. The first-order chi connectivity index (χ1) is 11.1. The third-order valence-electron chi connectivity index (χ3n) is 4.18. The van der Waals surface area contributed by atoms with Crippen molar-refractivity contribution >= 4 is 12.4 Å². The average molecular weight is 360 g/mol. The van der Waals surface area contributed by atoms with Crippen LogP contribution in [-0.2, 0) is 6.42 Å². The van der Waals surface area contributed by atoms with Crippen molar-refractivity contribution in [2.45, 2.75) is 63.8 Å². The first-order valence-corrected chi connectivity index (χ1v) is 8.86. The van der Waals surface area contributed by atoms with Gasteiger partial charge in [0.2, 0.25) is 0 Å². The third-order valence-corrected chi connectivity index (χ3v) is 4.18. The van der Waals surface area contributed by atoms with Gasteiger partial charge in [-0.1, -0.05) is 44.7 Å². The molecule has 0 amide bonds. The Morgan fingerprint density at radius 1 is 1.04 bits per heavy atom. The highest BCUT2D eigenvalue weighted by molar-refractivity contribution is 5.85. The molecule has 0 atom stereocenters. The summed E-state index contributed by atoms with van der Waals surface area (Å²) in [5, 5.41) is 18.4. The molecule has 5 heteroatoms. The van der Waals surface area contributed by atoms with Crippen molar-refractivity contribution in [2.24, 2.45) is 5.73 Å². The molecule has 0 aliphatic rings. The molecule has 1 aromatic carbocycles. The highest BCUT2D eigenvalue weighted by Gasteiger charge is 2.22. The lowest BCUT2D eigenvalue weighted by Gasteiger charge is -2.24. The molecule has 140 valence electrons. The molecule has 4 N–H and O–H groups in total. The summed E-state index contributed by atoms with van der Waals surface area (Å²) in [5.41, 5.74) is 6.21. The molecule has 0 spiro atoms. The molecule has 1 rings (SSSR count). The van der Waals surface area contributed by atoms with E-state index in [1.807, 2.05) is 12.1 Å². The molecule has 0 aromatic heterocycles. The Hall–Kier alpha value is -0.810. The zero-order chi connectivity index (χ0) is 17.0. The Morgan fingerprint density at radius 3 is 2.42 bits per heavy atom. The Kier molecular flexibility index (Phi) is 13.0. The maximum absolute atomic E-state index is 9.20. The first kappa shape index (κ1) is 23.2. The lowest BCUT2D eigenvalue weighted by atomic mass is 9.94. The van der Waals surface area contributed by atoms with Gasteiger partial charge < -0.3 is 20.7 Å². The normalized spacial score (nSPS) is 11.2. The lowest BCUT2D eigenvalue weighted by Crippen LogP contribution is -2.47. The summed E-state index contributed by atoms with van der Waals surface area (Å²) in [6.07, 6.45) is 8.49. The van der Waals surface area contributed by atoms with Crippen LogP contribution in [-0.4, -0.2) is 35.6 Å². The maximum Gasteiger partial charge on any atom is 0.119 e. The lowest BCUT2D eigenvalue weighted by molar-refractivity contribution is 0.113. The predicted molar refractivity (Wildman–Crippen MR) is 102 cm³/mol. The van der Waals surface area contributed by atoms with Crippen LogP contribution in [0, 0.1) is 0 Å². The average Bonchev–Trinajstić information content (AvgIpc) is 2.58. The number of unbranched alkanes of at least 4 members (excludes halogenated alkanes) is 4. The van der Waals surface area contributed by atoms with E-state index in [4.69, 9.17) is 10.5 Å². The van der Waals surface area contributed by atoms with Gasteiger partial charge in [0.15, 0.2) is 0 Å². The molecule has 0 radical (unpaired) electrons. The molecule has 4 nitrogen and oxygen atoms in total. The fourth-order valence-electron chi connectivity index (χ4n) is 2.54. The number of aryl methyl sites for hydroxylation is 1. The second kappa shape index (κ2) is 13.5. The second-order valence-electron chi connectivity index (χ2n) is 6.44. The van der Waals surface area contributed by atoms with Gasteiger partial charge in [0.1, 0.15) is 5.75 Å². The van der Waals surface area contributed by atoms with Crippen molar-refractivity contribution in [1.82, 2.24) is 0 Å². The van der Waals surface area contributed by atoms with Crippen molar-refractivity contribution in [3.8, 4) is 5.75 Å². The summed E-state index contributed by atoms with van der Waals surface area (Å²) in [4.78, 5) is 0. The standard InChI is InChI=1S/C19H33NO3.ClH/c1-2-3-4-5-6-13-23-18-11-7-9-17(14-18)10-8-12-19(20,15-21)16-22;/h7,9,11,14,21-22H,2-6,8,10,12-13,15-16,20H2,1H3;1H. The third kappa shape index (κ3) is 9.48. The van der Waals surface area contributed by atoms with Crippen LogP contribution in [0.15, 0.2) is 24.3 Å². The first-order valence-electron chi connectivity index (χ1n) is 8.86. The summed E-state index contributed by atoms with van der Waals surface area (Å²) in [6, 6.07) is 8.14. The van der Waals surface area contributed by atoms with Crippen LogP contribution in [0.3, 0.4) is 0 Å². The van der Waals surface area contributed by atoms with Crippen LogP contribution in [0.1, 0.15) is 57.4 Å². The zero-order valence-corrected chi connectivity index (χ0v) is 15.7. The van der Waals surface area contributed by atoms with E-state index in [0.717, 1.165) is 31.6 Å². The molecule has 0 heterocycles. The van der Waals surface area contributed by atoms with Crippen LogP contribution in [0.25, 0.3) is 0 Å². The zero-order valence-electron chi connectivity index (χ0n) is 14.9. The Bertz CT molecular complexity index is 425. The highest BCUT2D eigenvalue weighted by Crippen LogP contribution is 2.18. The van der Waals surface area contributed by atoms with Crippen LogP contribution < -0.4 is 10.5 Å². The number of ether oxygens (including phenoxy) is 1. The molecule has 0 bridgehead atoms. The predicted octanol–water partition coefficient (Wildman–Crippen LogP) is 3.46. The van der Waals surface area contributed by atoms with Crippen molar-refractivity contribution in [3.63, 3.8) is 0 Å². The highest BCUT2D eigenvalue weighted by atomic mass is 35.5. The maximum atomic E-state index is 9.20. The Morgan fingerprint density at radius 2 is 1.75 bits per heavy atom. The van der Waals surface area contributed by atoms with Gasteiger partial charge >= 0.3 is 0 Å². The number of halogens is 1. The van der Waals surface area contributed by atoms with Crippen molar-refractivity contribution in [1.29, 1.82) is 0 Å². The van der Waals surface area contributed by atoms with E-state index in [0.29, 0.717) is 6.42 Å². The van der Waals surface area contributed by atoms with E-state index in [2.05, 4.69) is 19.1 Å². The minimum atomic E-state index is -0.868. The van der Waals surface area contributed by atoms with Gasteiger partial charge in [0.25, 0.3) is 0 Å². The molecule has 0 saturated carbocycles. The topological polar surface area (TPSA) is 75.7 Å². The number of benzene rings is 1. The van der Waals surface area contributed by atoms with Crippen LogP contribution in [0.5, 0.6) is 5.75 Å². The van der Waals surface area contributed by atoms with Gasteiger partial charge in [-0.25, -0.2) is 0 Å². The van der Waals surface area contributed by atoms with E-state index in [1.54, 1.807) is 0 Å². The van der Waals surface area contributed by atoms with Gasteiger partial charge in [0.05, 0.1) is 25.4 Å². The van der Waals surface area contributed by atoms with E-state index in [1.165, 1.54) is 31.2 Å². The number of hydrogen-bond acceptors (Lipinski definition) is 4. The van der Waals surface area contributed by atoms with Crippen molar-refractivity contribution in [3.05, 3.63) is 29.8 Å². The van der Waals surface area contributed by atoms with E-state index >= 15 is 0 Å². The minimum Gasteiger partial charge on any atom is -0.494 e. The van der Waals surface area contributed by atoms with E-state index < -0.39 is 5.54 Å². The number of aliphatic hydroxyl groups excluding tert-OH is 2. The number of aliphatic hydroxyl groups is 2. The largest absolute Gasteiger partial charge is 0.494 e. The summed E-state index contributed by atoms with van der Waals surface area (Å²) in [7, 11) is 0. The van der Waals surface area contributed by atoms with Crippen LogP contribution >= 0.6 is 12.4 Å². The SMILES string of the molecule is CCCCCCCOc1cccc(CCCC(N)(CO)CO)c1.Cl. The van der Waals surface area contributed by atoms with Gasteiger partial charge in [-0.3, -0.25) is 0 Å². The minimum absolute atomic E-state index is 0. The fourth-order valence-corrected chi connectivity index (χ4v) is 2.54. The Balaban J connectivity index is 0.00000529. The van der Waals surface area contributed by atoms with Crippen LogP contribution in [0.2, 0.25) is 0 Å². The number of rotatable bonds is 13. The molecule has 0 unspecified atom stereocenters. The molecular formula is C19H34ClNO3. The van der Waals surface area contributed by atoms with Crippen molar-refractivity contribution in [2.75, 3.05) is 19.8 Å². The monoisotopic (exact) mass is 359 g/mol. The second-order valence-corrected chi connectivity index (χ2v) is 6.44. The summed E-state index contributed by atoms with van der Waals surface area (Å²) in [6.45, 7) is 2.61. The molecule has 24 heavy (non-hydrogen) atoms. The van der Waals surface area contributed by atoms with Crippen molar-refractivity contribution < 1.29 is 14.9 Å². The van der Waals surface area contributed by atoms with E-state index in [-0.39, 0.29) is 25.6 Å². The number of nitrogens with two attached hydrogens (primary N) is 1. The Labute approximate surface area is 152 Å². The molecule has 0 saturated heterocycles. The summed E-state index contributed by atoms with van der Waals surface area (Å²) >= 11 is 0. The fraction of sp³-hybridized carbons (Fsp3) is 0.684. The van der Waals surface area contributed by atoms with Gasteiger partial charge in [-0.15, -0.1) is 12.4 Å². The van der Waals surface area contributed by atoms with Gasteiger partial charge in [-0.2, -0.15) is 0 Å². The van der Waals surface area contributed by atoms with Gasteiger partial charge in [-0.05, 0) is 43.4 Å². The summed E-state index contributed by atoms with van der Waals surface area (Å²) in [5.74, 6) is 0.918. The molecule has 0 fully saturated rings. The van der Waals surface area contributed by atoms with Gasteiger partial charge in [0, 0.05) is 0 Å². The molecule has 0 aliphatic heterocycles. The summed E-state index contributed by atoms with van der Waals surface area (Å²) < 4.78 is 5.81. The van der Waals surface area contributed by atoms with Crippen LogP contribution in [0.4, 0.5) is 0 Å². The molecular weight excluding hydrogens is 326 g/mol. The van der Waals surface area contributed by atoms with E-state index in [9.17, 15) is 10.2 Å². The molecule has 0 aliphatic carbocycles. The number of hydrogen-bond donors (Lipinski definition) is 3.